The van der Waals surface area contributed by atoms with Gasteiger partial charge in [-0.25, -0.2) is 14.4 Å². The molecule has 1 fully saturated rings. The van der Waals surface area contributed by atoms with Gasteiger partial charge in [0.05, 0.1) is 41.5 Å². The number of benzene rings is 2. The number of esters is 1. The van der Waals surface area contributed by atoms with E-state index in [-0.39, 0.29) is 46.3 Å². The molecule has 2 aromatic rings. The quantitative estimate of drug-likeness (QED) is 0.157. The van der Waals surface area contributed by atoms with Crippen LogP contribution in [-0.2, 0) is 32.2 Å². The second-order valence-electron chi connectivity index (χ2n) is 12.8. The van der Waals surface area contributed by atoms with Crippen LogP contribution < -0.4 is 25.4 Å². The molecule has 2 aromatic carbocycles. The summed E-state index contributed by atoms with van der Waals surface area (Å²) in [6.07, 6.45) is 4.57. The highest BCUT2D eigenvalue weighted by Crippen LogP contribution is 2.30. The molecule has 0 aromatic heterocycles. The van der Waals surface area contributed by atoms with Gasteiger partial charge in [0, 0.05) is 24.2 Å². The Bertz CT molecular complexity index is 1890. The normalized spacial score (nSPS) is 17.6. The molecule has 0 radical (unpaired) electrons. The molecule has 284 valence electrons. The summed E-state index contributed by atoms with van der Waals surface area (Å²) in [6, 6.07) is 9.76. The lowest BCUT2D eigenvalue weighted by Gasteiger charge is -2.31. The summed E-state index contributed by atoms with van der Waals surface area (Å²) in [5, 5.41) is 7.00. The number of ether oxygens (including phenoxy) is 4. The molecular weight excluding hydrogens is 703 g/mol. The Morgan fingerprint density at radius 1 is 0.887 bits per heavy atom. The molecule has 2 atom stereocenters. The predicted octanol–water partition coefficient (Wildman–Crippen LogP) is 2.93. The number of carbonyl (C=O) groups excluding carboxylic acids is 6. The third kappa shape index (κ3) is 9.27. The van der Waals surface area contributed by atoms with Gasteiger partial charge in [-0.2, -0.15) is 0 Å². The minimum Gasteiger partial charge on any atom is -0.497 e. The first kappa shape index (κ1) is 43.2. The number of amides is 6. The lowest BCUT2D eigenvalue weighted by Crippen LogP contribution is -2.60. The summed E-state index contributed by atoms with van der Waals surface area (Å²) in [6.45, 7) is 6.34. The van der Waals surface area contributed by atoms with Crippen LogP contribution in [0.4, 0.5) is 9.59 Å². The number of nitrogens with zero attached hydrogens (tertiary/aromatic N) is 2. The lowest BCUT2D eigenvalue weighted by atomic mass is 10.00. The molecule has 53 heavy (non-hydrogen) atoms. The third-order valence-electron chi connectivity index (χ3n) is 8.12. The Hall–Kier alpha value is -6.00. The van der Waals surface area contributed by atoms with E-state index in [0.717, 1.165) is 11.1 Å². The Kier molecular flexibility index (Phi) is 13.9. The van der Waals surface area contributed by atoms with E-state index in [1.54, 1.807) is 36.4 Å². The van der Waals surface area contributed by atoms with Gasteiger partial charge in [-0.1, -0.05) is 58.5 Å². The molecule has 5 rings (SSSR count). The van der Waals surface area contributed by atoms with Gasteiger partial charge in [0.25, 0.3) is 17.7 Å². The van der Waals surface area contributed by atoms with Crippen molar-refractivity contribution in [2.45, 2.75) is 58.7 Å². The van der Waals surface area contributed by atoms with E-state index >= 15 is 0 Å². The fraction of sp³-hybridized carbons (Fsp3) is 0.405. The van der Waals surface area contributed by atoms with Crippen molar-refractivity contribution in [2.24, 2.45) is 0 Å². The first-order valence-electron chi connectivity index (χ1n) is 15.6. The van der Waals surface area contributed by atoms with Crippen molar-refractivity contribution in [1.29, 1.82) is 0 Å². The summed E-state index contributed by atoms with van der Waals surface area (Å²) in [5.74, 6) is 4.39. The van der Waals surface area contributed by atoms with Gasteiger partial charge in [-0.15, -0.1) is 12.0 Å². The number of methoxy groups -OCH3 is 4. The number of hydrogen-bond acceptors (Lipinski definition) is 10. The topological polar surface area (TPSA) is 182 Å². The highest BCUT2D eigenvalue weighted by Gasteiger charge is 2.48. The maximum absolute atomic E-state index is 12.9. The first-order valence-corrected chi connectivity index (χ1v) is 19.1. The number of terminal acetylenes is 1. The number of fused-ring (bicyclic) bond motifs is 2. The van der Waals surface area contributed by atoms with E-state index in [2.05, 4.69) is 38.1 Å². The summed E-state index contributed by atoms with van der Waals surface area (Å²) in [7, 11) is 3.52. The zero-order chi connectivity index (χ0) is 37.7. The standard InChI is InChI=1S/C20H26N2O6Si.C15H13N3O4.2CH4/c1-26-15-8-7-14-12-22(17(23)16(14)11-15)13-20(18(24)27-2,21-19(25)28-3)9-10-29(4,5)6;1-3-15(13(20)16-14(21)17-15)8-18-7-9-4-5-10(22-2)6-11(9)12(18)19;;/h7-8,11H,12-13H2,1-6H3,(H,21,25);1,4-6H,7-8H2,2H3,(H2,16,17,20,21);2*1H4/t20-;15-;;/m11../s1. The number of imide groups is 1. The second kappa shape index (κ2) is 17.0. The molecule has 16 heteroatoms. The van der Waals surface area contributed by atoms with Gasteiger partial charge in [-0.3, -0.25) is 25.0 Å². The van der Waals surface area contributed by atoms with Gasteiger partial charge < -0.3 is 34.1 Å². The minimum atomic E-state index is -1.92. The van der Waals surface area contributed by atoms with Crippen LogP contribution in [0.25, 0.3) is 0 Å². The lowest BCUT2D eigenvalue weighted by molar-refractivity contribution is -0.146. The average Bonchev–Trinajstić information content (AvgIpc) is 3.70. The second-order valence-corrected chi connectivity index (χ2v) is 17.6. The van der Waals surface area contributed by atoms with Gasteiger partial charge in [0.15, 0.2) is 5.54 Å². The first-order chi connectivity index (χ1) is 24.0. The molecule has 6 amide bonds. The van der Waals surface area contributed by atoms with Crippen molar-refractivity contribution < 1.29 is 47.7 Å². The largest absolute Gasteiger partial charge is 0.497 e. The maximum Gasteiger partial charge on any atom is 0.408 e. The van der Waals surface area contributed by atoms with Crippen LogP contribution in [0.3, 0.4) is 0 Å². The van der Waals surface area contributed by atoms with Crippen LogP contribution in [0.5, 0.6) is 11.5 Å². The molecule has 0 spiro atoms. The van der Waals surface area contributed by atoms with E-state index in [0.29, 0.717) is 29.2 Å². The predicted molar refractivity (Wildman–Crippen MR) is 199 cm³/mol. The summed E-state index contributed by atoms with van der Waals surface area (Å²) in [5.41, 5.74) is 2.44. The van der Waals surface area contributed by atoms with Crippen molar-refractivity contribution in [3.05, 3.63) is 58.7 Å². The smallest absolute Gasteiger partial charge is 0.408 e. The van der Waals surface area contributed by atoms with Crippen molar-refractivity contribution in [3.63, 3.8) is 0 Å². The summed E-state index contributed by atoms with van der Waals surface area (Å²) >= 11 is 0. The Labute approximate surface area is 311 Å². The molecule has 0 bridgehead atoms. The van der Waals surface area contributed by atoms with Crippen LogP contribution in [0, 0.1) is 23.8 Å². The fourth-order valence-electron chi connectivity index (χ4n) is 5.48. The van der Waals surface area contributed by atoms with Crippen LogP contribution in [0.1, 0.15) is 46.7 Å². The number of urea groups is 1. The maximum atomic E-state index is 12.9. The van der Waals surface area contributed by atoms with Crippen molar-refractivity contribution in [3.8, 4) is 35.3 Å². The Balaban J connectivity index is 0.000000364. The van der Waals surface area contributed by atoms with Gasteiger partial charge in [0.1, 0.15) is 19.6 Å². The Morgan fingerprint density at radius 2 is 1.42 bits per heavy atom. The number of carbonyl (C=O) groups is 6. The van der Waals surface area contributed by atoms with Crippen LogP contribution in [0.2, 0.25) is 19.6 Å². The molecular formula is C37H47N5O10Si. The van der Waals surface area contributed by atoms with E-state index in [9.17, 15) is 28.8 Å². The zero-order valence-corrected chi connectivity index (χ0v) is 30.3. The number of rotatable bonds is 8. The molecule has 0 saturated carbocycles. The third-order valence-corrected chi connectivity index (χ3v) is 9.00. The van der Waals surface area contributed by atoms with E-state index in [1.807, 2.05) is 19.6 Å². The fourth-order valence-corrected chi connectivity index (χ4v) is 6.07. The molecule has 3 aliphatic heterocycles. The summed E-state index contributed by atoms with van der Waals surface area (Å²) in [4.78, 5) is 76.3. The average molecular weight is 750 g/mol. The molecule has 0 aliphatic carbocycles. The Morgan fingerprint density at radius 3 is 1.85 bits per heavy atom. The number of nitrogens with one attached hydrogen (secondary N) is 3. The highest BCUT2D eigenvalue weighted by atomic mass is 28.3. The van der Waals surface area contributed by atoms with Crippen LogP contribution in [0.15, 0.2) is 36.4 Å². The molecule has 15 nitrogen and oxygen atoms in total. The van der Waals surface area contributed by atoms with E-state index in [1.165, 1.54) is 38.2 Å². The number of alkyl carbamates (subject to hydrolysis) is 1. The molecule has 3 aliphatic rings. The van der Waals surface area contributed by atoms with Crippen molar-refractivity contribution in [1.82, 2.24) is 25.8 Å². The van der Waals surface area contributed by atoms with Gasteiger partial charge >= 0.3 is 18.1 Å². The monoisotopic (exact) mass is 749 g/mol. The zero-order valence-electron chi connectivity index (χ0n) is 29.3. The number of hydrogen-bond donors (Lipinski definition) is 3. The van der Waals surface area contributed by atoms with E-state index < -0.39 is 43.2 Å². The van der Waals surface area contributed by atoms with E-state index in [4.69, 9.17) is 20.6 Å². The SMILES string of the molecule is C.C.C#C[C@]1(CN2Cc3ccc(OC)cc3C2=O)NC(=O)NC1=O.COC(=O)N[C@](C#C[Si](C)(C)C)(CN1Cc2ccc(OC)cc2C1=O)C(=O)OC. The van der Waals surface area contributed by atoms with Gasteiger partial charge in [-0.05, 0) is 35.4 Å². The van der Waals surface area contributed by atoms with Crippen LogP contribution >= 0.6 is 0 Å². The highest BCUT2D eigenvalue weighted by molar-refractivity contribution is 6.83. The molecule has 0 unspecified atom stereocenters. The van der Waals surface area contributed by atoms with Gasteiger partial charge in [0.2, 0.25) is 5.54 Å². The molecule has 1 saturated heterocycles. The molecule has 3 heterocycles. The van der Waals surface area contributed by atoms with Crippen molar-refractivity contribution in [2.75, 3.05) is 41.5 Å². The van der Waals surface area contributed by atoms with Crippen molar-refractivity contribution >= 4 is 43.9 Å². The minimum absolute atomic E-state index is 0. The molecule has 3 N–H and O–H groups in total. The summed E-state index contributed by atoms with van der Waals surface area (Å²) < 4.78 is 19.9. The van der Waals surface area contributed by atoms with Crippen LogP contribution in [-0.4, -0.2) is 106 Å².